The van der Waals surface area contributed by atoms with Crippen LogP contribution in [0.4, 0.5) is 0 Å². The van der Waals surface area contributed by atoms with Crippen molar-refractivity contribution >= 4 is 26.8 Å². The molecule has 1 amide bonds. The van der Waals surface area contributed by atoms with Crippen LogP contribution in [0.1, 0.15) is 24.2 Å². The number of para-hydroxylation sites is 1. The number of piperidine rings is 1. The standard InChI is InChI=1S/C25H32N6O3S/c1-19-27-23(18-28(19)2)35(33,34)31-11-8-21(9-12-31)25(32)30-15-13-29(14-16-30)17-22-6-3-5-20-7-4-10-26-24(20)22/h3-7,10,18,21H,8-9,11-17H2,1-2H3. The highest BCUT2D eigenvalue weighted by molar-refractivity contribution is 7.89. The number of nitrogens with zero attached hydrogens (tertiary/aromatic N) is 6. The van der Waals surface area contributed by atoms with Gasteiger partial charge in [-0.3, -0.25) is 14.7 Å². The Hall–Kier alpha value is -2.82. The number of amides is 1. The number of benzene rings is 1. The fourth-order valence-corrected chi connectivity index (χ4v) is 6.54. The number of hydrogen-bond donors (Lipinski definition) is 0. The predicted octanol–water partition coefficient (Wildman–Crippen LogP) is 2.02. The lowest BCUT2D eigenvalue weighted by atomic mass is 9.96. The van der Waals surface area contributed by atoms with Gasteiger partial charge in [0.1, 0.15) is 5.82 Å². The zero-order valence-corrected chi connectivity index (χ0v) is 21.1. The predicted molar refractivity (Wildman–Crippen MR) is 133 cm³/mol. The van der Waals surface area contributed by atoms with Gasteiger partial charge in [-0.2, -0.15) is 4.31 Å². The van der Waals surface area contributed by atoms with Gasteiger partial charge in [0.2, 0.25) is 5.91 Å². The van der Waals surface area contributed by atoms with Gasteiger partial charge < -0.3 is 9.47 Å². The molecule has 2 aliphatic heterocycles. The Labute approximate surface area is 206 Å². The molecule has 0 bridgehead atoms. The van der Waals surface area contributed by atoms with E-state index in [1.807, 2.05) is 17.2 Å². The smallest absolute Gasteiger partial charge is 0.262 e. The monoisotopic (exact) mass is 496 g/mol. The van der Waals surface area contributed by atoms with Crippen molar-refractivity contribution < 1.29 is 13.2 Å². The van der Waals surface area contributed by atoms with E-state index < -0.39 is 10.0 Å². The highest BCUT2D eigenvalue weighted by atomic mass is 32.2. The molecule has 4 heterocycles. The molecular formula is C25H32N6O3S. The number of sulfonamides is 1. The first-order valence-corrected chi connectivity index (χ1v) is 13.6. The van der Waals surface area contributed by atoms with Gasteiger partial charge in [0, 0.05) is 76.6 Å². The fourth-order valence-electron chi connectivity index (χ4n) is 5.05. The lowest BCUT2D eigenvalue weighted by molar-refractivity contribution is -0.138. The molecule has 0 N–H and O–H groups in total. The first kappa shape index (κ1) is 23.9. The summed E-state index contributed by atoms with van der Waals surface area (Å²) in [5, 5.41) is 1.23. The van der Waals surface area contributed by atoms with Crippen molar-refractivity contribution in [3.05, 3.63) is 54.1 Å². The van der Waals surface area contributed by atoms with Crippen molar-refractivity contribution in [2.24, 2.45) is 13.0 Å². The van der Waals surface area contributed by atoms with E-state index in [-0.39, 0.29) is 16.9 Å². The van der Waals surface area contributed by atoms with Crippen molar-refractivity contribution in [1.82, 2.24) is 28.6 Å². The third kappa shape index (κ3) is 4.82. The zero-order chi connectivity index (χ0) is 24.6. The Morgan fingerprint density at radius 3 is 2.43 bits per heavy atom. The molecule has 0 aliphatic carbocycles. The number of piperazine rings is 1. The van der Waals surface area contributed by atoms with Gasteiger partial charge in [-0.25, -0.2) is 13.4 Å². The Balaban J connectivity index is 1.14. The van der Waals surface area contributed by atoms with E-state index >= 15 is 0 Å². The average molecular weight is 497 g/mol. The van der Waals surface area contributed by atoms with Crippen molar-refractivity contribution in [3.8, 4) is 0 Å². The van der Waals surface area contributed by atoms with E-state index in [9.17, 15) is 13.2 Å². The molecule has 2 aromatic heterocycles. The molecule has 0 radical (unpaired) electrons. The van der Waals surface area contributed by atoms with E-state index in [1.54, 1.807) is 24.7 Å². The van der Waals surface area contributed by atoms with Gasteiger partial charge in [0.05, 0.1) is 5.52 Å². The molecule has 5 rings (SSSR count). The van der Waals surface area contributed by atoms with Crippen LogP contribution >= 0.6 is 0 Å². The summed E-state index contributed by atoms with van der Waals surface area (Å²) in [6, 6.07) is 10.3. The van der Waals surface area contributed by atoms with E-state index in [0.29, 0.717) is 44.8 Å². The quantitative estimate of drug-likeness (QED) is 0.537. The first-order valence-electron chi connectivity index (χ1n) is 12.2. The minimum atomic E-state index is -3.63. The summed E-state index contributed by atoms with van der Waals surface area (Å²) in [6.45, 7) is 6.33. The second-order valence-electron chi connectivity index (χ2n) is 9.51. The number of aryl methyl sites for hydroxylation is 2. The number of imidazole rings is 1. The molecule has 2 aliphatic rings. The minimum absolute atomic E-state index is 0.0831. The Morgan fingerprint density at radius 1 is 1.03 bits per heavy atom. The molecule has 0 atom stereocenters. The summed E-state index contributed by atoms with van der Waals surface area (Å²) in [4.78, 5) is 26.3. The second kappa shape index (κ2) is 9.67. The topological polar surface area (TPSA) is 91.6 Å². The van der Waals surface area contributed by atoms with Crippen LogP contribution in [0.15, 0.2) is 47.8 Å². The summed E-state index contributed by atoms with van der Waals surface area (Å²) < 4.78 is 29.1. The van der Waals surface area contributed by atoms with Crippen LogP contribution in [0.2, 0.25) is 0 Å². The summed E-state index contributed by atoms with van der Waals surface area (Å²) in [7, 11) is -1.84. The largest absolute Gasteiger partial charge is 0.340 e. The first-order chi connectivity index (χ1) is 16.8. The lowest BCUT2D eigenvalue weighted by Crippen LogP contribution is -2.51. The van der Waals surface area contributed by atoms with E-state index in [1.165, 1.54) is 9.87 Å². The molecule has 0 saturated carbocycles. The summed E-state index contributed by atoms with van der Waals surface area (Å²) in [6.07, 6.45) is 4.48. The highest BCUT2D eigenvalue weighted by Crippen LogP contribution is 2.26. The maximum atomic E-state index is 13.2. The number of carbonyl (C=O) groups excluding carboxylic acids is 1. The number of rotatable bonds is 5. The van der Waals surface area contributed by atoms with Crippen LogP contribution < -0.4 is 0 Å². The van der Waals surface area contributed by atoms with Gasteiger partial charge in [0.25, 0.3) is 10.0 Å². The van der Waals surface area contributed by atoms with Gasteiger partial charge in [0.15, 0.2) is 5.03 Å². The second-order valence-corrected chi connectivity index (χ2v) is 11.4. The molecule has 186 valence electrons. The van der Waals surface area contributed by atoms with E-state index in [4.69, 9.17) is 0 Å². The average Bonchev–Trinajstić information content (AvgIpc) is 3.23. The minimum Gasteiger partial charge on any atom is -0.340 e. The van der Waals surface area contributed by atoms with Gasteiger partial charge in [-0.15, -0.1) is 0 Å². The Kier molecular flexibility index (Phi) is 6.61. The molecule has 3 aromatic rings. The number of pyridine rings is 1. The molecule has 0 unspecified atom stereocenters. The molecular weight excluding hydrogens is 464 g/mol. The molecule has 35 heavy (non-hydrogen) atoms. The zero-order valence-electron chi connectivity index (χ0n) is 20.3. The maximum absolute atomic E-state index is 13.2. The van der Waals surface area contributed by atoms with Crippen molar-refractivity contribution in [1.29, 1.82) is 0 Å². The lowest BCUT2D eigenvalue weighted by Gasteiger charge is -2.38. The SMILES string of the molecule is Cc1nc(S(=O)(=O)N2CCC(C(=O)N3CCN(Cc4cccc5cccnc45)CC3)CC2)cn1C. The number of carbonyl (C=O) groups is 1. The molecule has 2 saturated heterocycles. The summed E-state index contributed by atoms with van der Waals surface area (Å²) >= 11 is 0. The number of fused-ring (bicyclic) bond motifs is 1. The van der Waals surface area contributed by atoms with Crippen LogP contribution in [0.25, 0.3) is 10.9 Å². The van der Waals surface area contributed by atoms with E-state index in [0.717, 1.165) is 30.5 Å². The molecule has 9 nitrogen and oxygen atoms in total. The van der Waals surface area contributed by atoms with Crippen LogP contribution in [-0.4, -0.2) is 82.2 Å². The number of hydrogen-bond acceptors (Lipinski definition) is 6. The fraction of sp³-hybridized carbons (Fsp3) is 0.480. The molecule has 1 aromatic carbocycles. The third-order valence-corrected chi connectivity index (χ3v) is 9.06. The van der Waals surface area contributed by atoms with Crippen LogP contribution in [0.3, 0.4) is 0 Å². The number of aromatic nitrogens is 3. The summed E-state index contributed by atoms with van der Waals surface area (Å²) in [5.41, 5.74) is 2.25. The highest BCUT2D eigenvalue weighted by Gasteiger charge is 2.35. The Bertz CT molecular complexity index is 1300. The van der Waals surface area contributed by atoms with Crippen LogP contribution in [0.5, 0.6) is 0 Å². The van der Waals surface area contributed by atoms with Crippen LogP contribution in [-0.2, 0) is 28.4 Å². The summed E-state index contributed by atoms with van der Waals surface area (Å²) in [5.74, 6) is 0.687. The van der Waals surface area contributed by atoms with Crippen molar-refractivity contribution in [3.63, 3.8) is 0 Å². The normalized spacial score (nSPS) is 18.9. The van der Waals surface area contributed by atoms with Gasteiger partial charge in [-0.1, -0.05) is 24.3 Å². The van der Waals surface area contributed by atoms with E-state index in [2.05, 4.69) is 39.1 Å². The molecule has 10 heteroatoms. The van der Waals surface area contributed by atoms with Crippen molar-refractivity contribution in [2.45, 2.75) is 31.3 Å². The third-order valence-electron chi connectivity index (χ3n) is 7.29. The van der Waals surface area contributed by atoms with Crippen LogP contribution in [0, 0.1) is 12.8 Å². The molecule has 2 fully saturated rings. The van der Waals surface area contributed by atoms with Gasteiger partial charge >= 0.3 is 0 Å². The van der Waals surface area contributed by atoms with Crippen molar-refractivity contribution in [2.75, 3.05) is 39.3 Å². The maximum Gasteiger partial charge on any atom is 0.262 e. The van der Waals surface area contributed by atoms with Gasteiger partial charge in [-0.05, 0) is 31.4 Å². The molecule has 0 spiro atoms. The Morgan fingerprint density at radius 2 is 1.74 bits per heavy atom.